The smallest absolute Gasteiger partial charge is 0.358 e. The molecule has 0 aliphatic heterocycles. The molecule has 0 bridgehead atoms. The fraction of sp³-hybridized carbons (Fsp3) is 0.158. The molecule has 0 unspecified atom stereocenters. The first-order chi connectivity index (χ1) is 14.7. The van der Waals surface area contributed by atoms with Gasteiger partial charge in [-0.1, -0.05) is 29.8 Å². The van der Waals surface area contributed by atoms with E-state index in [9.17, 15) is 23.3 Å². The van der Waals surface area contributed by atoms with Gasteiger partial charge in [0.15, 0.2) is 0 Å². The molecule has 12 heteroatoms. The van der Waals surface area contributed by atoms with E-state index in [0.29, 0.717) is 5.69 Å². The zero-order valence-corrected chi connectivity index (χ0v) is 17.9. The van der Waals surface area contributed by atoms with Crippen LogP contribution in [0.3, 0.4) is 0 Å². The maximum atomic E-state index is 13.2. The summed E-state index contributed by atoms with van der Waals surface area (Å²) >= 11 is 6.14. The van der Waals surface area contributed by atoms with Crippen LogP contribution in [0.15, 0.2) is 66.0 Å². The first-order valence-electron chi connectivity index (χ1n) is 9.05. The molecule has 0 aliphatic carbocycles. The fourth-order valence-electron chi connectivity index (χ4n) is 2.86. The number of rotatable bonds is 8. The molecule has 0 aliphatic rings. The Morgan fingerprint density at radius 1 is 1.26 bits per heavy atom. The summed E-state index contributed by atoms with van der Waals surface area (Å²) in [4.78, 5) is 25.9. The van der Waals surface area contributed by atoms with E-state index in [1.54, 1.807) is 37.3 Å². The van der Waals surface area contributed by atoms with Gasteiger partial charge in [0.2, 0.25) is 12.2 Å². The van der Waals surface area contributed by atoms with E-state index in [2.05, 4.69) is 10.3 Å². The molecule has 1 N–H and O–H groups in total. The van der Waals surface area contributed by atoms with Gasteiger partial charge in [-0.15, -0.1) is 0 Å². The second kappa shape index (κ2) is 9.14. The molecule has 2 aromatic carbocycles. The van der Waals surface area contributed by atoms with Crippen LogP contribution in [0.5, 0.6) is 0 Å². The minimum absolute atomic E-state index is 0.0452. The summed E-state index contributed by atoms with van der Waals surface area (Å²) in [5.41, 5.74) is 0.610. The fourth-order valence-corrected chi connectivity index (χ4v) is 4.52. The molecule has 0 spiro atoms. The average molecular weight is 464 g/mol. The second-order valence-corrected chi connectivity index (χ2v) is 8.63. The lowest BCUT2D eigenvalue weighted by atomic mass is 10.3. The quantitative estimate of drug-likeness (QED) is 0.403. The molecule has 0 radical (unpaired) electrons. The van der Waals surface area contributed by atoms with Gasteiger partial charge in [0.25, 0.3) is 10.0 Å². The summed E-state index contributed by atoms with van der Waals surface area (Å²) in [6.07, 6.45) is 2.26. The van der Waals surface area contributed by atoms with Crippen LogP contribution in [0.25, 0.3) is 0 Å². The van der Waals surface area contributed by atoms with Gasteiger partial charge in [-0.05, 0) is 47.2 Å². The Morgan fingerprint density at radius 3 is 2.58 bits per heavy atom. The normalized spacial score (nSPS) is 11.2. The topological polar surface area (TPSA) is 127 Å². The van der Waals surface area contributed by atoms with Crippen molar-refractivity contribution in [3.8, 4) is 0 Å². The number of halogens is 1. The molecule has 1 heterocycles. The van der Waals surface area contributed by atoms with Crippen molar-refractivity contribution in [2.75, 3.05) is 16.2 Å². The summed E-state index contributed by atoms with van der Waals surface area (Å²) in [6, 6.07) is 12.6. The monoisotopic (exact) mass is 463 g/mol. The van der Waals surface area contributed by atoms with Crippen molar-refractivity contribution in [1.82, 2.24) is 9.55 Å². The van der Waals surface area contributed by atoms with Gasteiger partial charge in [0.05, 0.1) is 21.3 Å². The lowest BCUT2D eigenvalue weighted by Crippen LogP contribution is -2.30. The number of amides is 1. The number of aromatic nitrogens is 2. The molecule has 1 amide bonds. The Morgan fingerprint density at radius 2 is 1.97 bits per heavy atom. The number of para-hydroxylation sites is 1. The minimum atomic E-state index is -3.91. The SMILES string of the molecule is CCN(c1ccccc1)S(=O)(=O)c1ccc(Cl)c(NC(=O)Cn2cnc([N+](=O)[O-])c2)c1. The number of nitrogens with zero attached hydrogens (tertiary/aromatic N) is 4. The number of hydrogen-bond acceptors (Lipinski definition) is 6. The minimum Gasteiger partial charge on any atom is -0.358 e. The molecular weight excluding hydrogens is 446 g/mol. The molecule has 0 saturated heterocycles. The highest BCUT2D eigenvalue weighted by Crippen LogP contribution is 2.29. The summed E-state index contributed by atoms with van der Waals surface area (Å²) in [5, 5.41) is 13.4. The molecule has 3 aromatic rings. The van der Waals surface area contributed by atoms with Crippen molar-refractivity contribution < 1.29 is 18.1 Å². The van der Waals surface area contributed by atoms with E-state index < -0.39 is 20.9 Å². The summed E-state index contributed by atoms with van der Waals surface area (Å²) in [7, 11) is -3.91. The number of carbonyl (C=O) groups is 1. The lowest BCUT2D eigenvalue weighted by Gasteiger charge is -2.23. The third-order valence-corrected chi connectivity index (χ3v) is 6.49. The summed E-state index contributed by atoms with van der Waals surface area (Å²) in [6.45, 7) is 1.66. The molecule has 1 aromatic heterocycles. The number of benzene rings is 2. The van der Waals surface area contributed by atoms with Gasteiger partial charge in [-0.25, -0.2) is 8.42 Å². The third kappa shape index (κ3) is 5.01. The van der Waals surface area contributed by atoms with E-state index in [0.717, 1.165) is 12.5 Å². The van der Waals surface area contributed by atoms with Gasteiger partial charge in [0.1, 0.15) is 12.7 Å². The molecule has 31 heavy (non-hydrogen) atoms. The van der Waals surface area contributed by atoms with E-state index in [-0.39, 0.29) is 34.5 Å². The number of nitrogens with one attached hydrogen (secondary N) is 1. The molecule has 0 atom stereocenters. The zero-order chi connectivity index (χ0) is 22.6. The van der Waals surface area contributed by atoms with Crippen LogP contribution in [0.4, 0.5) is 17.2 Å². The van der Waals surface area contributed by atoms with Gasteiger partial charge in [-0.3, -0.25) is 9.10 Å². The number of anilines is 2. The van der Waals surface area contributed by atoms with Crippen LogP contribution in [-0.2, 0) is 21.4 Å². The van der Waals surface area contributed by atoms with Crippen LogP contribution >= 0.6 is 11.6 Å². The Bertz CT molecular complexity index is 1210. The van der Waals surface area contributed by atoms with E-state index in [1.165, 1.54) is 27.1 Å². The molecule has 162 valence electrons. The van der Waals surface area contributed by atoms with Crippen molar-refractivity contribution in [1.29, 1.82) is 0 Å². The molecule has 3 rings (SSSR count). The highest BCUT2D eigenvalue weighted by molar-refractivity contribution is 7.92. The maximum Gasteiger partial charge on any atom is 0.381 e. The predicted octanol–water partition coefficient (Wildman–Crippen LogP) is 3.30. The Kier molecular flexibility index (Phi) is 6.56. The van der Waals surface area contributed by atoms with Crippen LogP contribution in [0.2, 0.25) is 5.02 Å². The lowest BCUT2D eigenvalue weighted by molar-refractivity contribution is -0.389. The highest BCUT2D eigenvalue weighted by Gasteiger charge is 2.24. The maximum absolute atomic E-state index is 13.2. The van der Waals surface area contributed by atoms with E-state index in [1.807, 2.05) is 0 Å². The Balaban J connectivity index is 1.83. The molecular formula is C19H18ClN5O5S. The number of nitro groups is 1. The number of imidazole rings is 1. The Labute approximate surface area is 183 Å². The molecule has 10 nitrogen and oxygen atoms in total. The Hall–Kier alpha value is -3.44. The highest BCUT2D eigenvalue weighted by atomic mass is 35.5. The first-order valence-corrected chi connectivity index (χ1v) is 10.9. The number of carbonyl (C=O) groups excluding carboxylic acids is 1. The average Bonchev–Trinajstić information content (AvgIpc) is 3.19. The van der Waals surface area contributed by atoms with E-state index >= 15 is 0 Å². The standard InChI is InChI=1S/C19H18ClN5O5S/c1-2-24(14-6-4-3-5-7-14)31(29,30)15-8-9-16(20)17(10-15)22-19(26)12-23-11-18(21-13-23)25(27)28/h3-11,13H,2,12H2,1H3,(H,22,26). The van der Waals surface area contributed by atoms with Crippen molar-refractivity contribution in [2.45, 2.75) is 18.4 Å². The van der Waals surface area contributed by atoms with Crippen LogP contribution < -0.4 is 9.62 Å². The van der Waals surface area contributed by atoms with Gasteiger partial charge >= 0.3 is 5.82 Å². The third-order valence-electron chi connectivity index (χ3n) is 4.26. The largest absolute Gasteiger partial charge is 0.381 e. The van der Waals surface area contributed by atoms with Gasteiger partial charge in [0, 0.05) is 6.54 Å². The van der Waals surface area contributed by atoms with Crippen molar-refractivity contribution >= 4 is 44.7 Å². The zero-order valence-electron chi connectivity index (χ0n) is 16.3. The van der Waals surface area contributed by atoms with Crippen LogP contribution in [-0.4, -0.2) is 35.3 Å². The molecule has 0 fully saturated rings. The second-order valence-electron chi connectivity index (χ2n) is 6.36. The predicted molar refractivity (Wildman–Crippen MR) is 116 cm³/mol. The molecule has 0 saturated carbocycles. The van der Waals surface area contributed by atoms with Crippen LogP contribution in [0, 0.1) is 10.1 Å². The van der Waals surface area contributed by atoms with E-state index in [4.69, 9.17) is 11.6 Å². The van der Waals surface area contributed by atoms with Gasteiger partial charge in [-0.2, -0.15) is 0 Å². The summed E-state index contributed by atoms with van der Waals surface area (Å²) in [5.74, 6) is -0.946. The van der Waals surface area contributed by atoms with Crippen molar-refractivity contribution in [2.24, 2.45) is 0 Å². The number of sulfonamides is 1. The van der Waals surface area contributed by atoms with Crippen LogP contribution in [0.1, 0.15) is 6.92 Å². The van der Waals surface area contributed by atoms with Gasteiger partial charge < -0.3 is 20.0 Å². The summed E-state index contributed by atoms with van der Waals surface area (Å²) < 4.78 is 28.8. The van der Waals surface area contributed by atoms with Crippen molar-refractivity contribution in [3.63, 3.8) is 0 Å². The van der Waals surface area contributed by atoms with Crippen molar-refractivity contribution in [3.05, 3.63) is 76.2 Å². The first kappa shape index (κ1) is 22.2. The number of hydrogen-bond donors (Lipinski definition) is 1.